The molecule has 0 spiro atoms. The topological polar surface area (TPSA) is 192 Å². The van der Waals surface area contributed by atoms with Crippen LogP contribution in [0.2, 0.25) is 5.02 Å². The van der Waals surface area contributed by atoms with E-state index in [0.717, 1.165) is 33.2 Å². The molecule has 1 aromatic carbocycles. The number of nitrogens with two attached hydrogens (primary N) is 1. The number of aliphatic imine (C=N–C) groups is 1. The average Bonchev–Trinajstić information content (AvgIpc) is 3.83. The molecule has 5 rings (SSSR count). The van der Waals surface area contributed by atoms with E-state index in [4.69, 9.17) is 36.5 Å². The third kappa shape index (κ3) is 10.4. The van der Waals surface area contributed by atoms with Crippen LogP contribution in [0.3, 0.4) is 0 Å². The van der Waals surface area contributed by atoms with Crippen LogP contribution in [0.5, 0.6) is 0 Å². The van der Waals surface area contributed by atoms with E-state index in [1.807, 2.05) is 56.5 Å². The lowest BCUT2D eigenvalue weighted by molar-refractivity contribution is -0.144. The minimum Gasteiger partial charge on any atom is -0.377 e. The van der Waals surface area contributed by atoms with Gasteiger partial charge in [0.25, 0.3) is 0 Å². The Hall–Kier alpha value is -4.22. The molecule has 2 aliphatic heterocycles. The van der Waals surface area contributed by atoms with Crippen LogP contribution in [0.25, 0.3) is 5.00 Å². The molecule has 3 aromatic rings. The highest BCUT2D eigenvalue weighted by Gasteiger charge is 2.41. The van der Waals surface area contributed by atoms with Crippen LogP contribution in [-0.2, 0) is 33.4 Å². The summed E-state index contributed by atoms with van der Waals surface area (Å²) in [4.78, 5) is 58.6. The predicted molar refractivity (Wildman–Crippen MR) is 209 cm³/mol. The maximum Gasteiger partial charge on any atom is 0.246 e. The number of nitrogens with zero attached hydrogens (tertiary/aromatic N) is 5. The van der Waals surface area contributed by atoms with Crippen LogP contribution in [0.1, 0.15) is 79.3 Å². The summed E-state index contributed by atoms with van der Waals surface area (Å²) in [5.74, 6) is -0.179. The molecule has 0 bridgehead atoms. The van der Waals surface area contributed by atoms with E-state index in [9.17, 15) is 19.2 Å². The lowest BCUT2D eigenvalue weighted by Gasteiger charge is -2.35. The Balaban J connectivity index is 1.01. The molecule has 55 heavy (non-hydrogen) atoms. The van der Waals surface area contributed by atoms with Gasteiger partial charge in [0.1, 0.15) is 35.6 Å². The fraction of sp³-hybridized carbons (Fsp3) is 0.553. The lowest BCUT2D eigenvalue weighted by atomic mass is 9.85. The second-order valence-corrected chi connectivity index (χ2v) is 16.3. The van der Waals surface area contributed by atoms with Gasteiger partial charge >= 0.3 is 0 Å². The summed E-state index contributed by atoms with van der Waals surface area (Å²) in [5, 5.41) is 16.1. The molecule has 0 aliphatic carbocycles. The summed E-state index contributed by atoms with van der Waals surface area (Å²) in [6.45, 7) is 13.3. The number of benzene rings is 1. The largest absolute Gasteiger partial charge is 0.377 e. The van der Waals surface area contributed by atoms with Crippen LogP contribution in [0, 0.1) is 26.2 Å². The maximum atomic E-state index is 13.3. The van der Waals surface area contributed by atoms with Crippen molar-refractivity contribution in [3.63, 3.8) is 0 Å². The smallest absolute Gasteiger partial charge is 0.246 e. The van der Waals surface area contributed by atoms with Crippen molar-refractivity contribution < 1.29 is 33.4 Å². The molecule has 0 radical (unpaired) electrons. The zero-order valence-corrected chi connectivity index (χ0v) is 33.8. The van der Waals surface area contributed by atoms with Crippen LogP contribution < -0.4 is 16.4 Å². The molecule has 17 heteroatoms. The third-order valence-corrected chi connectivity index (χ3v) is 11.0. The quantitative estimate of drug-likeness (QED) is 0.172. The highest BCUT2D eigenvalue weighted by molar-refractivity contribution is 7.15. The summed E-state index contributed by atoms with van der Waals surface area (Å²) >= 11 is 7.86. The van der Waals surface area contributed by atoms with Crippen molar-refractivity contribution in [2.75, 3.05) is 52.7 Å². The second kappa shape index (κ2) is 18.6. The Kier molecular flexibility index (Phi) is 14.2. The molecule has 1 fully saturated rings. The Labute approximate surface area is 330 Å². The van der Waals surface area contributed by atoms with E-state index in [0.29, 0.717) is 50.0 Å². The number of primary amides is 1. The molecule has 2 aromatic heterocycles. The van der Waals surface area contributed by atoms with Gasteiger partial charge in [-0.1, -0.05) is 44.5 Å². The molecule has 4 amide bonds. The number of hydrogen-bond donors (Lipinski definition) is 3. The lowest BCUT2D eigenvalue weighted by Crippen LogP contribution is -2.57. The van der Waals surface area contributed by atoms with Gasteiger partial charge in [0, 0.05) is 34.1 Å². The molecular formula is C38H51ClN8O7S. The van der Waals surface area contributed by atoms with E-state index in [1.165, 1.54) is 9.78 Å². The Morgan fingerprint density at radius 3 is 2.33 bits per heavy atom. The number of amides is 4. The zero-order valence-electron chi connectivity index (χ0n) is 32.3. The number of nitrogens with one attached hydrogen (secondary N) is 2. The molecule has 0 saturated carbocycles. The fourth-order valence-electron chi connectivity index (χ4n) is 6.59. The average molecular weight is 799 g/mol. The minimum atomic E-state index is -0.839. The number of fused-ring (bicyclic) bond motifs is 3. The van der Waals surface area contributed by atoms with Crippen molar-refractivity contribution >= 4 is 52.3 Å². The summed E-state index contributed by atoms with van der Waals surface area (Å²) in [7, 11) is 0. The SMILES string of the molecule is Cc1sc2c(c1C)C(c1ccc(Cl)cc1)=N[C@@H](CC(=O)NCCOCCOCCOCC(=O)N[C@H](C(=O)N1CCC[C@H]1C(N)=O)C(C)(C)C)c1nnc(C)n1-2. The molecule has 15 nitrogen and oxygen atoms in total. The van der Waals surface area contributed by atoms with Crippen molar-refractivity contribution in [3.8, 4) is 5.00 Å². The number of likely N-dealkylation sites (tertiary alicyclic amines) is 1. The first kappa shape index (κ1) is 41.9. The minimum absolute atomic E-state index is 0.0741. The van der Waals surface area contributed by atoms with Crippen LogP contribution in [0.15, 0.2) is 29.3 Å². The Morgan fingerprint density at radius 2 is 1.65 bits per heavy atom. The predicted octanol–water partition coefficient (Wildman–Crippen LogP) is 3.36. The van der Waals surface area contributed by atoms with E-state index in [2.05, 4.69) is 34.7 Å². The van der Waals surface area contributed by atoms with E-state index in [-0.39, 0.29) is 44.7 Å². The number of carbonyl (C=O) groups is 4. The first-order valence-corrected chi connectivity index (χ1v) is 19.6. The van der Waals surface area contributed by atoms with Gasteiger partial charge in [-0.3, -0.25) is 28.7 Å². The number of rotatable bonds is 17. The van der Waals surface area contributed by atoms with Gasteiger partial charge in [-0.05, 0) is 56.7 Å². The van der Waals surface area contributed by atoms with Gasteiger partial charge in [-0.15, -0.1) is 21.5 Å². The van der Waals surface area contributed by atoms with Crippen molar-refractivity contribution in [1.29, 1.82) is 0 Å². The number of hydrogen-bond acceptors (Lipinski definition) is 11. The van der Waals surface area contributed by atoms with Crippen LogP contribution in [0.4, 0.5) is 0 Å². The van der Waals surface area contributed by atoms with E-state index >= 15 is 0 Å². The summed E-state index contributed by atoms with van der Waals surface area (Å²) in [6.07, 6.45) is 1.27. The number of aryl methyl sites for hydroxylation is 2. The number of aromatic nitrogens is 3. The number of carbonyl (C=O) groups excluding carboxylic acids is 4. The van der Waals surface area contributed by atoms with Gasteiger partial charge in [-0.2, -0.15) is 0 Å². The second-order valence-electron chi connectivity index (χ2n) is 14.7. The molecular weight excluding hydrogens is 748 g/mol. The zero-order chi connectivity index (χ0) is 39.9. The van der Waals surface area contributed by atoms with Crippen molar-refractivity contribution in [1.82, 2.24) is 30.3 Å². The highest BCUT2D eigenvalue weighted by Crippen LogP contribution is 2.39. The first-order chi connectivity index (χ1) is 26.2. The van der Waals surface area contributed by atoms with Crippen molar-refractivity contribution in [2.24, 2.45) is 16.1 Å². The molecule has 4 N–H and O–H groups in total. The summed E-state index contributed by atoms with van der Waals surface area (Å²) in [5.41, 5.74) is 8.70. The van der Waals surface area contributed by atoms with Gasteiger partial charge in [0.05, 0.1) is 45.2 Å². The summed E-state index contributed by atoms with van der Waals surface area (Å²) < 4.78 is 18.6. The summed E-state index contributed by atoms with van der Waals surface area (Å²) in [6, 6.07) is 5.48. The molecule has 1 saturated heterocycles. The molecule has 2 aliphatic rings. The standard InChI is InChI=1S/C38H51ClN8O7S/c1-22-23(2)55-37-31(22)32(25-9-11-26(39)12-10-25)42-27(35-45-44-24(3)47(35)37)20-29(48)41-13-15-52-16-17-53-18-19-54-21-30(49)43-33(38(4,5)6)36(51)46-14-7-8-28(46)34(40)50/h9-12,27-28,33H,7-8,13-21H2,1-6H3,(H2,40,50)(H,41,48)(H,43,49)/t27-,28-,33+/m0/s1. The monoisotopic (exact) mass is 798 g/mol. The Bertz CT molecular complexity index is 1890. The molecule has 4 heterocycles. The first-order valence-electron chi connectivity index (χ1n) is 18.4. The molecule has 298 valence electrons. The molecule has 3 atom stereocenters. The van der Waals surface area contributed by atoms with Crippen LogP contribution in [-0.4, -0.2) is 114 Å². The van der Waals surface area contributed by atoms with Gasteiger partial charge in [-0.25, -0.2) is 0 Å². The van der Waals surface area contributed by atoms with Gasteiger partial charge in [0.2, 0.25) is 23.6 Å². The van der Waals surface area contributed by atoms with E-state index < -0.39 is 35.4 Å². The molecule has 0 unspecified atom stereocenters. The Morgan fingerprint density at radius 1 is 0.982 bits per heavy atom. The third-order valence-electron chi connectivity index (χ3n) is 9.56. The van der Waals surface area contributed by atoms with Crippen LogP contribution >= 0.6 is 22.9 Å². The van der Waals surface area contributed by atoms with Gasteiger partial charge in [0.15, 0.2) is 5.82 Å². The number of halogens is 1. The fourth-order valence-corrected chi connectivity index (χ4v) is 7.93. The number of ether oxygens (including phenoxy) is 3. The number of thiophene rings is 1. The highest BCUT2D eigenvalue weighted by atomic mass is 35.5. The van der Waals surface area contributed by atoms with E-state index in [1.54, 1.807) is 11.3 Å². The maximum absolute atomic E-state index is 13.3. The van der Waals surface area contributed by atoms with Crippen molar-refractivity contribution in [3.05, 3.63) is 62.5 Å². The normalized spacial score (nSPS) is 17.2. The van der Waals surface area contributed by atoms with Gasteiger partial charge < -0.3 is 35.5 Å². The van der Waals surface area contributed by atoms with Crippen molar-refractivity contribution in [2.45, 2.75) is 78.9 Å².